The summed E-state index contributed by atoms with van der Waals surface area (Å²) in [5, 5.41) is 1.12. The van der Waals surface area contributed by atoms with Crippen molar-refractivity contribution < 1.29 is 18.7 Å². The third kappa shape index (κ3) is 7.66. The number of nitrogens with zero attached hydrogens (tertiary/aromatic N) is 2. The number of aromatic nitrogens is 1. The largest absolute Gasteiger partial charge is 0.347 e. The zero-order valence-corrected chi connectivity index (χ0v) is 26.6. The van der Waals surface area contributed by atoms with Crippen LogP contribution in [0.3, 0.4) is 0 Å². The van der Waals surface area contributed by atoms with Gasteiger partial charge in [-0.3, -0.25) is 4.79 Å². The summed E-state index contributed by atoms with van der Waals surface area (Å²) in [6, 6.07) is 15.5. The maximum absolute atomic E-state index is 13.8. The van der Waals surface area contributed by atoms with Crippen molar-refractivity contribution in [1.82, 2.24) is 9.47 Å². The molecule has 3 aromatic rings. The Bertz CT molecular complexity index is 1310. The van der Waals surface area contributed by atoms with Gasteiger partial charge in [-0.1, -0.05) is 50.3 Å². The second-order valence-electron chi connectivity index (χ2n) is 11.8. The molecule has 1 aliphatic heterocycles. The smallest absolute Gasteiger partial charge is 0.225 e. The molecule has 1 aromatic heterocycles. The predicted molar refractivity (Wildman–Crippen MR) is 168 cm³/mol. The molecule has 1 aliphatic rings. The number of amides is 1. The monoisotopic (exact) mass is 564 g/mol. The van der Waals surface area contributed by atoms with Crippen molar-refractivity contribution in [3.05, 3.63) is 66.1 Å². The molecule has 6 heteroatoms. The zero-order chi connectivity index (χ0) is 30.5. The summed E-state index contributed by atoms with van der Waals surface area (Å²) >= 11 is 0. The van der Waals surface area contributed by atoms with Crippen molar-refractivity contribution in [2.24, 2.45) is 0 Å². The Morgan fingerprint density at radius 1 is 1.00 bits per heavy atom. The molecule has 0 spiro atoms. The van der Waals surface area contributed by atoms with Crippen LogP contribution in [0.15, 0.2) is 54.6 Å². The minimum atomic E-state index is -0.816. The fraction of sp³-hybridized carbons (Fsp3) is 0.514. The lowest BCUT2D eigenvalue weighted by atomic mass is 10.00. The highest BCUT2D eigenvalue weighted by Gasteiger charge is 2.36. The van der Waals surface area contributed by atoms with E-state index in [0.29, 0.717) is 12.8 Å². The SMILES string of the molecule is CC.CC(C)N(C(=O)C[C@H]1C[C@@H](/C=C/c2c(-c3ccc(F)cc3)c3ccccc3n2C(C)C)OC(C)(C)O1)C(C)C. The average molecular weight is 565 g/mol. The molecule has 1 amide bonds. The van der Waals surface area contributed by atoms with Crippen molar-refractivity contribution >= 4 is 22.9 Å². The van der Waals surface area contributed by atoms with Gasteiger partial charge in [0.25, 0.3) is 0 Å². The van der Waals surface area contributed by atoms with E-state index in [0.717, 1.165) is 27.7 Å². The number of rotatable bonds is 8. The van der Waals surface area contributed by atoms with Crippen LogP contribution >= 0.6 is 0 Å². The summed E-state index contributed by atoms with van der Waals surface area (Å²) in [6.45, 7) is 20.3. The lowest BCUT2D eigenvalue weighted by molar-refractivity contribution is -0.290. The molecule has 4 rings (SSSR count). The van der Waals surface area contributed by atoms with E-state index >= 15 is 0 Å². The number of halogens is 1. The molecule has 2 aromatic carbocycles. The van der Waals surface area contributed by atoms with Crippen LogP contribution in [0.5, 0.6) is 0 Å². The molecule has 0 bridgehead atoms. The van der Waals surface area contributed by atoms with E-state index in [4.69, 9.17) is 9.47 Å². The first-order chi connectivity index (χ1) is 19.4. The number of para-hydroxylation sites is 1. The standard InChI is InChI=1S/C33H43FN2O3.C2H6/c1-21(2)35(22(3)4)31(37)20-27-19-26(38-33(7,8)39-27)17-18-30-32(24-13-15-25(34)16-14-24)28-11-9-10-12-29(28)36(30)23(5)6;1-2/h9-18,21-23,26-27H,19-20H2,1-8H3;1-2H3/b18-17+;/t26-,27-;/m1./s1. The van der Waals surface area contributed by atoms with Crippen molar-refractivity contribution in [2.75, 3.05) is 0 Å². The third-order valence-corrected chi connectivity index (χ3v) is 7.25. The highest BCUT2D eigenvalue weighted by Crippen LogP contribution is 2.38. The van der Waals surface area contributed by atoms with Crippen LogP contribution in [-0.2, 0) is 14.3 Å². The molecule has 0 N–H and O–H groups in total. The second-order valence-corrected chi connectivity index (χ2v) is 11.8. The number of benzene rings is 2. The molecule has 1 fully saturated rings. The Morgan fingerprint density at radius 2 is 1.61 bits per heavy atom. The minimum absolute atomic E-state index is 0.101. The first-order valence-corrected chi connectivity index (χ1v) is 15.1. The van der Waals surface area contributed by atoms with Gasteiger partial charge < -0.3 is 18.9 Å². The first-order valence-electron chi connectivity index (χ1n) is 15.1. The Labute approximate surface area is 246 Å². The van der Waals surface area contributed by atoms with Crippen LogP contribution in [0.25, 0.3) is 28.1 Å². The molecule has 41 heavy (non-hydrogen) atoms. The van der Waals surface area contributed by atoms with Crippen molar-refractivity contribution in [3.8, 4) is 11.1 Å². The predicted octanol–water partition coefficient (Wildman–Crippen LogP) is 9.01. The molecule has 0 saturated carbocycles. The molecule has 0 radical (unpaired) electrons. The highest BCUT2D eigenvalue weighted by molar-refractivity contribution is 6.01. The summed E-state index contributed by atoms with van der Waals surface area (Å²) in [5.41, 5.74) is 4.21. The average Bonchev–Trinajstić information content (AvgIpc) is 3.22. The lowest BCUT2D eigenvalue weighted by Gasteiger charge is -2.41. The Balaban J connectivity index is 0.00000226. The van der Waals surface area contributed by atoms with Crippen LogP contribution in [0.4, 0.5) is 4.39 Å². The molecule has 2 heterocycles. The van der Waals surface area contributed by atoms with Gasteiger partial charge in [-0.2, -0.15) is 0 Å². The molecule has 0 aliphatic carbocycles. The third-order valence-electron chi connectivity index (χ3n) is 7.25. The second kappa shape index (κ2) is 13.8. The van der Waals surface area contributed by atoms with Gasteiger partial charge in [0.2, 0.25) is 5.91 Å². The van der Waals surface area contributed by atoms with Gasteiger partial charge in [0, 0.05) is 46.7 Å². The van der Waals surface area contributed by atoms with Gasteiger partial charge in [-0.25, -0.2) is 4.39 Å². The van der Waals surface area contributed by atoms with E-state index in [1.807, 2.05) is 84.6 Å². The molecule has 224 valence electrons. The van der Waals surface area contributed by atoms with Gasteiger partial charge in [0.15, 0.2) is 5.79 Å². The molecule has 1 saturated heterocycles. The van der Waals surface area contributed by atoms with Gasteiger partial charge in [-0.05, 0) is 85.2 Å². The molecular weight excluding hydrogens is 515 g/mol. The summed E-state index contributed by atoms with van der Waals surface area (Å²) in [4.78, 5) is 15.1. The van der Waals surface area contributed by atoms with Crippen LogP contribution in [0.1, 0.15) is 93.8 Å². The summed E-state index contributed by atoms with van der Waals surface area (Å²) < 4.78 is 28.6. The number of ether oxygens (including phenoxy) is 2. The van der Waals surface area contributed by atoms with E-state index in [-0.39, 0.29) is 42.1 Å². The van der Waals surface area contributed by atoms with Crippen molar-refractivity contribution in [1.29, 1.82) is 0 Å². The Kier molecular flexibility index (Phi) is 11.0. The fourth-order valence-electron chi connectivity index (χ4n) is 5.99. The summed E-state index contributed by atoms with van der Waals surface area (Å²) in [7, 11) is 0. The highest BCUT2D eigenvalue weighted by atomic mass is 19.1. The van der Waals surface area contributed by atoms with Crippen LogP contribution in [0, 0.1) is 5.82 Å². The van der Waals surface area contributed by atoms with Gasteiger partial charge in [0.1, 0.15) is 5.82 Å². The summed E-state index contributed by atoms with van der Waals surface area (Å²) in [5.74, 6) is -0.970. The number of carbonyl (C=O) groups excluding carboxylic acids is 1. The number of hydrogen-bond acceptors (Lipinski definition) is 3. The fourth-order valence-corrected chi connectivity index (χ4v) is 5.99. The molecule has 0 unspecified atom stereocenters. The van der Waals surface area contributed by atoms with Gasteiger partial charge in [-0.15, -0.1) is 0 Å². The van der Waals surface area contributed by atoms with Gasteiger partial charge >= 0.3 is 0 Å². The van der Waals surface area contributed by atoms with E-state index in [2.05, 4.69) is 42.7 Å². The summed E-state index contributed by atoms with van der Waals surface area (Å²) in [6.07, 6.45) is 4.65. The van der Waals surface area contributed by atoms with Crippen LogP contribution in [-0.4, -0.2) is 45.5 Å². The number of carbonyl (C=O) groups is 1. The molecule has 5 nitrogen and oxygen atoms in total. The van der Waals surface area contributed by atoms with Crippen molar-refractivity contribution in [2.45, 2.75) is 118 Å². The number of hydrogen-bond donors (Lipinski definition) is 0. The molecule has 2 atom stereocenters. The Hall–Kier alpha value is -2.96. The lowest BCUT2D eigenvalue weighted by Crippen LogP contribution is -2.48. The van der Waals surface area contributed by atoms with E-state index in [9.17, 15) is 9.18 Å². The van der Waals surface area contributed by atoms with E-state index < -0.39 is 5.79 Å². The topological polar surface area (TPSA) is 43.7 Å². The van der Waals surface area contributed by atoms with Crippen molar-refractivity contribution in [3.63, 3.8) is 0 Å². The molecular formula is C35H49FN2O3. The minimum Gasteiger partial charge on any atom is -0.347 e. The first kappa shape index (κ1) is 32.6. The Morgan fingerprint density at radius 3 is 2.20 bits per heavy atom. The maximum Gasteiger partial charge on any atom is 0.225 e. The van der Waals surface area contributed by atoms with E-state index in [1.165, 1.54) is 12.1 Å². The maximum atomic E-state index is 13.8. The quantitative estimate of drug-likeness (QED) is 0.274. The van der Waals surface area contributed by atoms with Gasteiger partial charge in [0.05, 0.1) is 18.6 Å². The van der Waals surface area contributed by atoms with Crippen LogP contribution < -0.4 is 0 Å². The number of fused-ring (bicyclic) bond motifs is 1. The zero-order valence-electron chi connectivity index (χ0n) is 26.6. The normalized spacial score (nSPS) is 18.8. The van der Waals surface area contributed by atoms with Crippen LogP contribution in [0.2, 0.25) is 0 Å². The van der Waals surface area contributed by atoms with E-state index in [1.54, 1.807) is 0 Å².